The molecule has 0 unspecified atom stereocenters. The highest BCUT2D eigenvalue weighted by atomic mass is 16.3. The summed E-state index contributed by atoms with van der Waals surface area (Å²) in [5.74, 6) is 0. The van der Waals surface area contributed by atoms with Crippen LogP contribution in [0.2, 0.25) is 0 Å². The van der Waals surface area contributed by atoms with Crippen LogP contribution < -0.4 is 15.7 Å². The highest BCUT2D eigenvalue weighted by Crippen LogP contribution is 2.47. The molecule has 0 bridgehead atoms. The quantitative estimate of drug-likeness (QED) is 0.262. The smallest absolute Gasteiger partial charge is 0.329 e. The number of anilines is 2. The van der Waals surface area contributed by atoms with E-state index < -0.39 is 0 Å². The van der Waals surface area contributed by atoms with Crippen molar-refractivity contribution in [2.45, 2.75) is 0 Å². The lowest BCUT2D eigenvalue weighted by molar-refractivity contribution is 0.670. The molecule has 0 fully saturated rings. The van der Waals surface area contributed by atoms with E-state index in [1.54, 1.807) is 0 Å². The first-order chi connectivity index (χ1) is 16.4. The third-order valence-corrected chi connectivity index (χ3v) is 7.27. The van der Waals surface area contributed by atoms with Gasteiger partial charge in [-0.2, -0.15) is 0 Å². The second kappa shape index (κ2) is 6.17. The van der Waals surface area contributed by atoms with Gasteiger partial charge in [0.05, 0.1) is 0 Å². The summed E-state index contributed by atoms with van der Waals surface area (Å²) >= 11 is 0. The van der Waals surface area contributed by atoms with Crippen molar-refractivity contribution in [3.8, 4) is 22.3 Å². The molecular formula is C30H18BNO. The molecule has 33 heavy (non-hydrogen) atoms. The average Bonchev–Trinajstić information content (AvgIpc) is 3.27. The van der Waals surface area contributed by atoms with Gasteiger partial charge in [0.1, 0.15) is 11.2 Å². The Kier molecular flexibility index (Phi) is 3.24. The van der Waals surface area contributed by atoms with Crippen molar-refractivity contribution >= 4 is 51.1 Å². The van der Waals surface area contributed by atoms with Crippen LogP contribution in [0, 0.1) is 0 Å². The molecule has 1 aromatic heterocycles. The van der Waals surface area contributed by atoms with Gasteiger partial charge < -0.3 is 9.23 Å². The zero-order valence-electron chi connectivity index (χ0n) is 17.8. The summed E-state index contributed by atoms with van der Waals surface area (Å²) in [6.07, 6.45) is 0. The summed E-state index contributed by atoms with van der Waals surface area (Å²) in [6, 6.07) is 39.3. The lowest BCUT2D eigenvalue weighted by Crippen LogP contribution is -2.59. The van der Waals surface area contributed by atoms with E-state index in [1.807, 2.05) is 6.07 Å². The molecule has 2 aliphatic rings. The highest BCUT2D eigenvalue weighted by Gasteiger charge is 2.42. The summed E-state index contributed by atoms with van der Waals surface area (Å²) < 4.78 is 6.53. The van der Waals surface area contributed by atoms with E-state index in [2.05, 4.69) is 108 Å². The first-order valence-corrected chi connectivity index (χ1v) is 11.4. The number of furan rings is 1. The highest BCUT2D eigenvalue weighted by molar-refractivity contribution is 6.92. The molecule has 0 saturated carbocycles. The normalized spacial score (nSPS) is 13.3. The van der Waals surface area contributed by atoms with Gasteiger partial charge >= 0.3 is 6.85 Å². The van der Waals surface area contributed by atoms with Gasteiger partial charge in [0.15, 0.2) is 0 Å². The molecule has 8 rings (SSSR count). The maximum absolute atomic E-state index is 6.53. The van der Waals surface area contributed by atoms with Crippen LogP contribution >= 0.6 is 0 Å². The molecule has 5 aromatic carbocycles. The zero-order chi connectivity index (χ0) is 21.5. The molecule has 0 aliphatic carbocycles. The van der Waals surface area contributed by atoms with Gasteiger partial charge in [-0.3, -0.25) is 0 Å². The van der Waals surface area contributed by atoms with Crippen LogP contribution in [-0.4, -0.2) is 6.85 Å². The van der Waals surface area contributed by atoms with Crippen molar-refractivity contribution in [3.63, 3.8) is 0 Å². The largest absolute Gasteiger partial charge is 0.455 e. The third-order valence-electron chi connectivity index (χ3n) is 7.27. The minimum atomic E-state index is 0.0959. The minimum Gasteiger partial charge on any atom is -0.455 e. The molecule has 152 valence electrons. The standard InChI is InChI=1S/C30H18BNO/c1-5-13-24-19(9-1)20-10-2-6-14-26(20)32-27-15-7-3-12-23(27)29-25(31(24)32)18-17-22-21-11-4-8-16-28(21)33-30(22)29/h1-18H. The van der Waals surface area contributed by atoms with Crippen LogP contribution in [0.1, 0.15) is 0 Å². The first kappa shape index (κ1) is 17.3. The van der Waals surface area contributed by atoms with Crippen molar-refractivity contribution in [2.24, 2.45) is 0 Å². The van der Waals surface area contributed by atoms with Crippen LogP contribution in [0.15, 0.2) is 114 Å². The Bertz CT molecular complexity index is 1750. The van der Waals surface area contributed by atoms with Gasteiger partial charge in [-0.25, -0.2) is 0 Å². The summed E-state index contributed by atoms with van der Waals surface area (Å²) in [4.78, 5) is 2.52. The van der Waals surface area contributed by atoms with Gasteiger partial charge in [0.2, 0.25) is 0 Å². The molecule has 2 nitrogen and oxygen atoms in total. The number of fused-ring (bicyclic) bond motifs is 15. The molecule has 3 heterocycles. The maximum Gasteiger partial charge on any atom is 0.329 e. The predicted octanol–water partition coefficient (Wildman–Crippen LogP) is 6.49. The van der Waals surface area contributed by atoms with Crippen LogP contribution in [-0.2, 0) is 0 Å². The number of rotatable bonds is 0. The molecule has 0 amide bonds. The zero-order valence-corrected chi connectivity index (χ0v) is 17.8. The molecule has 0 saturated heterocycles. The van der Waals surface area contributed by atoms with E-state index in [1.165, 1.54) is 55.3 Å². The summed E-state index contributed by atoms with van der Waals surface area (Å²) in [6.45, 7) is 0.0959. The topological polar surface area (TPSA) is 16.4 Å². The van der Waals surface area contributed by atoms with Gasteiger partial charge in [0, 0.05) is 38.8 Å². The predicted molar refractivity (Wildman–Crippen MR) is 138 cm³/mol. The summed E-state index contributed by atoms with van der Waals surface area (Å²) in [5.41, 5.74) is 12.1. The maximum atomic E-state index is 6.53. The summed E-state index contributed by atoms with van der Waals surface area (Å²) in [5, 5.41) is 2.35. The van der Waals surface area contributed by atoms with E-state index >= 15 is 0 Å². The van der Waals surface area contributed by atoms with Gasteiger partial charge in [-0.15, -0.1) is 0 Å². The van der Waals surface area contributed by atoms with Gasteiger partial charge in [-0.1, -0.05) is 91.0 Å². The average molecular weight is 419 g/mol. The summed E-state index contributed by atoms with van der Waals surface area (Å²) in [7, 11) is 0. The second-order valence-electron chi connectivity index (χ2n) is 8.90. The SMILES string of the molecule is c1ccc2c(c1)B1c3ccc4c(oc5ccccc54)c3-c3ccccc3N1c1ccccc1-2. The van der Waals surface area contributed by atoms with E-state index in [0.29, 0.717) is 0 Å². The Morgan fingerprint density at radius 3 is 2.06 bits per heavy atom. The molecule has 0 radical (unpaired) electrons. The molecule has 0 N–H and O–H groups in total. The van der Waals surface area contributed by atoms with Gasteiger partial charge in [-0.05, 0) is 34.7 Å². The van der Waals surface area contributed by atoms with E-state index in [4.69, 9.17) is 4.42 Å². The Labute approximate surface area is 191 Å². The first-order valence-electron chi connectivity index (χ1n) is 11.4. The molecule has 0 atom stereocenters. The van der Waals surface area contributed by atoms with Crippen LogP contribution in [0.25, 0.3) is 44.2 Å². The Morgan fingerprint density at radius 2 is 1.18 bits per heavy atom. The van der Waals surface area contributed by atoms with Crippen molar-refractivity contribution < 1.29 is 4.42 Å². The van der Waals surface area contributed by atoms with Crippen LogP contribution in [0.3, 0.4) is 0 Å². The minimum absolute atomic E-state index is 0.0959. The fourth-order valence-electron chi connectivity index (χ4n) is 5.95. The monoisotopic (exact) mass is 419 g/mol. The third kappa shape index (κ3) is 2.14. The Morgan fingerprint density at radius 1 is 0.515 bits per heavy atom. The lowest BCUT2D eigenvalue weighted by atomic mass is 9.43. The fraction of sp³-hybridized carbons (Fsp3) is 0. The van der Waals surface area contributed by atoms with E-state index in [0.717, 1.165) is 11.2 Å². The molecule has 6 aromatic rings. The van der Waals surface area contributed by atoms with Crippen molar-refractivity contribution in [3.05, 3.63) is 109 Å². The number of para-hydroxylation sites is 3. The molecule has 2 aliphatic heterocycles. The number of hydrogen-bond donors (Lipinski definition) is 0. The van der Waals surface area contributed by atoms with Crippen molar-refractivity contribution in [2.75, 3.05) is 4.81 Å². The Hall–Kier alpha value is -4.24. The number of nitrogens with zero attached hydrogens (tertiary/aromatic N) is 1. The Balaban J connectivity index is 1.55. The van der Waals surface area contributed by atoms with E-state index in [-0.39, 0.29) is 6.85 Å². The number of hydrogen-bond acceptors (Lipinski definition) is 2. The molecule has 3 heteroatoms. The van der Waals surface area contributed by atoms with Crippen LogP contribution in [0.5, 0.6) is 0 Å². The van der Waals surface area contributed by atoms with Crippen LogP contribution in [0.4, 0.5) is 11.4 Å². The lowest BCUT2D eigenvalue weighted by Gasteiger charge is -2.43. The van der Waals surface area contributed by atoms with Crippen molar-refractivity contribution in [1.82, 2.24) is 0 Å². The number of benzene rings is 5. The molecular weight excluding hydrogens is 401 g/mol. The van der Waals surface area contributed by atoms with Crippen molar-refractivity contribution in [1.29, 1.82) is 0 Å². The van der Waals surface area contributed by atoms with E-state index in [9.17, 15) is 0 Å². The van der Waals surface area contributed by atoms with Gasteiger partial charge in [0.25, 0.3) is 0 Å². The fourth-order valence-corrected chi connectivity index (χ4v) is 5.95. The molecule has 0 spiro atoms. The second-order valence-corrected chi connectivity index (χ2v) is 8.90.